The molecule has 11 nitrogen and oxygen atoms in total. The van der Waals surface area contributed by atoms with Crippen molar-refractivity contribution in [3.05, 3.63) is 27.2 Å². The summed E-state index contributed by atoms with van der Waals surface area (Å²) in [6.45, 7) is 8.64. The summed E-state index contributed by atoms with van der Waals surface area (Å²) in [5.41, 5.74) is 0.587. The number of halogens is 1. The van der Waals surface area contributed by atoms with Crippen molar-refractivity contribution < 1.29 is 24.2 Å². The molecule has 3 heterocycles. The number of carboxylic acid groups (broad SMARTS) is 1. The molecule has 0 aromatic carbocycles. The maximum atomic E-state index is 12.7. The van der Waals surface area contributed by atoms with Gasteiger partial charge in [0.05, 0.1) is 17.8 Å². The maximum absolute atomic E-state index is 12.7. The lowest BCUT2D eigenvalue weighted by Crippen LogP contribution is -2.55. The minimum Gasteiger partial charge on any atom is -0.477 e. The van der Waals surface area contributed by atoms with Gasteiger partial charge in [-0.1, -0.05) is 29.9 Å². The predicted octanol–water partition coefficient (Wildman–Crippen LogP) is 2.33. The molecule has 0 aliphatic carbocycles. The molecule has 2 atom stereocenters. The Morgan fingerprint density at radius 1 is 1.29 bits per heavy atom. The quantitative estimate of drug-likeness (QED) is 0.400. The number of aromatic amines is 1. The number of carboxylic acids is 1. The molecule has 1 fully saturated rings. The minimum absolute atomic E-state index is 0.106. The van der Waals surface area contributed by atoms with E-state index in [4.69, 9.17) is 16.3 Å². The van der Waals surface area contributed by atoms with Crippen molar-refractivity contribution >= 4 is 45.9 Å². The van der Waals surface area contributed by atoms with Gasteiger partial charge in [-0.05, 0) is 33.6 Å². The van der Waals surface area contributed by atoms with Gasteiger partial charge in [-0.25, -0.2) is 14.8 Å². The number of aromatic nitrogens is 3. The number of H-pyrrole nitrogens is 1. The Balaban J connectivity index is 1.75. The molecule has 2 aromatic heterocycles. The largest absolute Gasteiger partial charge is 0.477 e. The summed E-state index contributed by atoms with van der Waals surface area (Å²) in [5, 5.41) is 15.9. The van der Waals surface area contributed by atoms with Gasteiger partial charge in [-0.15, -0.1) is 0 Å². The number of ether oxygens (including phenoxy) is 1. The summed E-state index contributed by atoms with van der Waals surface area (Å²) in [6.07, 6.45) is 0.785. The Labute approximate surface area is 206 Å². The molecule has 0 saturated carbocycles. The van der Waals surface area contributed by atoms with Crippen LogP contribution in [0.2, 0.25) is 5.15 Å². The molecule has 4 N–H and O–H groups in total. The highest BCUT2D eigenvalue weighted by Crippen LogP contribution is 2.30. The van der Waals surface area contributed by atoms with Crippen LogP contribution >= 0.6 is 22.9 Å². The SMILES string of the molecule is CCO[C@H]1CN(c2nc(C(=O)NC(C)C)c(C(=O)O)s2)CC[C@H]1NC(=O)c1nc(Cl)c(CC)[nH]1. The Hall–Kier alpha value is -2.70. The van der Waals surface area contributed by atoms with Crippen LogP contribution in [0.15, 0.2) is 0 Å². The van der Waals surface area contributed by atoms with E-state index in [1.54, 1.807) is 13.8 Å². The van der Waals surface area contributed by atoms with Gasteiger partial charge < -0.3 is 30.4 Å². The molecule has 0 bridgehead atoms. The first kappa shape index (κ1) is 25.9. The number of amides is 2. The van der Waals surface area contributed by atoms with Gasteiger partial charge in [0.25, 0.3) is 11.8 Å². The first-order chi connectivity index (χ1) is 16.1. The van der Waals surface area contributed by atoms with Gasteiger partial charge in [0, 0.05) is 25.7 Å². The van der Waals surface area contributed by atoms with Gasteiger partial charge in [-0.3, -0.25) is 9.59 Å². The standard InChI is InChI=1S/C21H29ClN6O5S/c1-5-11-16(22)27-17(24-11)19(30)25-12-7-8-28(9-13(12)33-6-2)21-26-14(15(34-21)20(31)32)18(29)23-10(3)4/h10,12-13H,5-9H2,1-4H3,(H,23,29)(H,24,27)(H,25,30)(H,31,32)/t12-,13+/m1/s1. The van der Waals surface area contributed by atoms with E-state index in [0.29, 0.717) is 43.4 Å². The number of rotatable bonds is 9. The van der Waals surface area contributed by atoms with Crippen molar-refractivity contribution in [3.63, 3.8) is 0 Å². The summed E-state index contributed by atoms with van der Waals surface area (Å²) in [5.74, 6) is -1.96. The maximum Gasteiger partial charge on any atom is 0.348 e. The summed E-state index contributed by atoms with van der Waals surface area (Å²) in [7, 11) is 0. The topological polar surface area (TPSA) is 150 Å². The number of piperidine rings is 1. The number of hydrogen-bond acceptors (Lipinski definition) is 8. The summed E-state index contributed by atoms with van der Waals surface area (Å²) in [4.78, 5) is 50.0. The highest BCUT2D eigenvalue weighted by Gasteiger charge is 2.34. The molecular weight excluding hydrogens is 484 g/mol. The summed E-state index contributed by atoms with van der Waals surface area (Å²) >= 11 is 7.00. The molecular formula is C21H29ClN6O5S. The second kappa shape index (κ2) is 11.2. The third-order valence-electron chi connectivity index (χ3n) is 5.27. The van der Waals surface area contributed by atoms with Crippen molar-refractivity contribution in [1.82, 2.24) is 25.6 Å². The Kier molecular flexibility index (Phi) is 8.50. The lowest BCUT2D eigenvalue weighted by atomic mass is 10.0. The van der Waals surface area contributed by atoms with Crippen molar-refractivity contribution in [2.24, 2.45) is 0 Å². The Morgan fingerprint density at radius 2 is 2.03 bits per heavy atom. The number of carbonyl (C=O) groups excluding carboxylic acids is 2. The fourth-order valence-corrected chi connectivity index (χ4v) is 4.88. The summed E-state index contributed by atoms with van der Waals surface area (Å²) in [6, 6.07) is -0.446. The molecule has 0 unspecified atom stereocenters. The van der Waals surface area contributed by atoms with Crippen LogP contribution in [-0.2, 0) is 11.2 Å². The monoisotopic (exact) mass is 512 g/mol. The highest BCUT2D eigenvalue weighted by molar-refractivity contribution is 7.17. The minimum atomic E-state index is -1.20. The number of hydrogen-bond donors (Lipinski definition) is 4. The number of anilines is 1. The van der Waals surface area contributed by atoms with E-state index < -0.39 is 11.9 Å². The average Bonchev–Trinajstić information content (AvgIpc) is 3.39. The Morgan fingerprint density at radius 3 is 2.62 bits per heavy atom. The van der Waals surface area contributed by atoms with Crippen molar-refractivity contribution in [1.29, 1.82) is 0 Å². The molecule has 2 aromatic rings. The van der Waals surface area contributed by atoms with Crippen molar-refractivity contribution in [2.45, 2.75) is 58.7 Å². The number of nitrogens with zero attached hydrogens (tertiary/aromatic N) is 3. The zero-order valence-corrected chi connectivity index (χ0v) is 21.0. The lowest BCUT2D eigenvalue weighted by Gasteiger charge is -2.38. The number of thiazole rings is 1. The third-order valence-corrected chi connectivity index (χ3v) is 6.69. The second-order valence-electron chi connectivity index (χ2n) is 8.12. The Bertz CT molecular complexity index is 1050. The highest BCUT2D eigenvalue weighted by atomic mass is 35.5. The zero-order chi connectivity index (χ0) is 25.0. The van der Waals surface area contributed by atoms with Gasteiger partial charge in [0.15, 0.2) is 21.8 Å². The smallest absolute Gasteiger partial charge is 0.348 e. The van der Waals surface area contributed by atoms with Crippen LogP contribution in [-0.4, -0.2) is 75.7 Å². The van der Waals surface area contributed by atoms with E-state index in [2.05, 4.69) is 25.6 Å². The molecule has 1 aliphatic heterocycles. The zero-order valence-electron chi connectivity index (χ0n) is 19.5. The number of aromatic carboxylic acids is 1. The summed E-state index contributed by atoms with van der Waals surface area (Å²) < 4.78 is 5.89. The molecule has 1 aliphatic rings. The van der Waals surface area contributed by atoms with E-state index in [1.165, 1.54) is 0 Å². The van der Waals surface area contributed by atoms with Crippen LogP contribution < -0.4 is 15.5 Å². The molecule has 0 spiro atoms. The second-order valence-corrected chi connectivity index (χ2v) is 9.46. The van der Waals surface area contributed by atoms with E-state index in [1.807, 2.05) is 18.7 Å². The number of imidazole rings is 1. The molecule has 1 saturated heterocycles. The molecule has 2 amide bonds. The van der Waals surface area contributed by atoms with Gasteiger partial charge in [-0.2, -0.15) is 0 Å². The molecule has 186 valence electrons. The molecule has 13 heteroatoms. The van der Waals surface area contributed by atoms with Crippen molar-refractivity contribution in [3.8, 4) is 0 Å². The van der Waals surface area contributed by atoms with Gasteiger partial charge in [0.2, 0.25) is 0 Å². The fourth-order valence-electron chi connectivity index (χ4n) is 3.68. The average molecular weight is 513 g/mol. The normalized spacial score (nSPS) is 18.2. The predicted molar refractivity (Wildman–Crippen MR) is 128 cm³/mol. The third kappa shape index (κ3) is 5.86. The van der Waals surface area contributed by atoms with E-state index in [0.717, 1.165) is 11.3 Å². The first-order valence-electron chi connectivity index (χ1n) is 11.1. The van der Waals surface area contributed by atoms with Crippen LogP contribution in [0.3, 0.4) is 0 Å². The first-order valence-corrected chi connectivity index (χ1v) is 12.3. The van der Waals surface area contributed by atoms with Crippen LogP contribution in [0.5, 0.6) is 0 Å². The number of carbonyl (C=O) groups is 3. The van der Waals surface area contributed by atoms with Gasteiger partial charge >= 0.3 is 5.97 Å². The lowest BCUT2D eigenvalue weighted by molar-refractivity contribution is 0.0271. The molecule has 3 rings (SSSR count). The molecule has 0 radical (unpaired) electrons. The van der Waals surface area contributed by atoms with Crippen LogP contribution in [0.1, 0.15) is 70.6 Å². The molecule has 34 heavy (non-hydrogen) atoms. The van der Waals surface area contributed by atoms with E-state index in [-0.39, 0.29) is 45.6 Å². The van der Waals surface area contributed by atoms with E-state index in [9.17, 15) is 19.5 Å². The van der Waals surface area contributed by atoms with Gasteiger partial charge in [0.1, 0.15) is 4.88 Å². The van der Waals surface area contributed by atoms with Crippen LogP contribution in [0, 0.1) is 0 Å². The fraction of sp³-hybridized carbons (Fsp3) is 0.571. The number of aryl methyl sites for hydroxylation is 1. The van der Waals surface area contributed by atoms with Crippen molar-refractivity contribution in [2.75, 3.05) is 24.6 Å². The van der Waals surface area contributed by atoms with E-state index >= 15 is 0 Å². The van der Waals surface area contributed by atoms with Crippen LogP contribution in [0.25, 0.3) is 0 Å². The number of nitrogens with one attached hydrogen (secondary N) is 3. The van der Waals surface area contributed by atoms with Crippen LogP contribution in [0.4, 0.5) is 5.13 Å².